The Labute approximate surface area is 160 Å². The molecule has 1 aliphatic heterocycles. The van der Waals surface area contributed by atoms with Crippen LogP contribution in [0.3, 0.4) is 0 Å². The Balaban J connectivity index is 1.79. The average Bonchev–Trinajstić information content (AvgIpc) is 2.73. The number of aromatic nitrogens is 1. The zero-order valence-electron chi connectivity index (χ0n) is 15.7. The number of carbonyl (C=O) groups excluding carboxylic acids is 2. The van der Waals surface area contributed by atoms with Crippen LogP contribution < -0.4 is 0 Å². The number of carbonyl (C=O) groups is 2. The lowest BCUT2D eigenvalue weighted by atomic mass is 9.89. The minimum atomic E-state index is -0.269. The van der Waals surface area contributed by atoms with Crippen molar-refractivity contribution in [3.05, 3.63) is 66.0 Å². The van der Waals surface area contributed by atoms with Crippen molar-refractivity contribution in [2.45, 2.75) is 32.1 Å². The predicted octanol–water partition coefficient (Wildman–Crippen LogP) is 3.21. The summed E-state index contributed by atoms with van der Waals surface area (Å²) in [4.78, 5) is 31.4. The normalized spacial score (nSPS) is 18.0. The van der Waals surface area contributed by atoms with Crippen molar-refractivity contribution in [3.8, 4) is 0 Å². The van der Waals surface area contributed by atoms with Gasteiger partial charge in [0, 0.05) is 25.5 Å². The topological polar surface area (TPSA) is 59.5 Å². The van der Waals surface area contributed by atoms with E-state index in [0.29, 0.717) is 26.1 Å². The van der Waals surface area contributed by atoms with E-state index in [1.807, 2.05) is 54.3 Å². The first-order chi connectivity index (χ1) is 13.2. The van der Waals surface area contributed by atoms with Gasteiger partial charge in [-0.3, -0.25) is 14.6 Å². The second-order valence-electron chi connectivity index (χ2n) is 6.90. The second kappa shape index (κ2) is 9.31. The zero-order chi connectivity index (χ0) is 19.1. The Morgan fingerprint density at radius 1 is 1.19 bits per heavy atom. The summed E-state index contributed by atoms with van der Waals surface area (Å²) in [5.41, 5.74) is 2.07. The van der Waals surface area contributed by atoms with Gasteiger partial charge in [-0.1, -0.05) is 30.3 Å². The van der Waals surface area contributed by atoms with Crippen LogP contribution in [0.2, 0.25) is 0 Å². The molecule has 1 aliphatic rings. The fraction of sp³-hybridized carbons (Fsp3) is 0.409. The third-order valence-electron chi connectivity index (χ3n) is 5.04. The van der Waals surface area contributed by atoms with Crippen molar-refractivity contribution < 1.29 is 14.3 Å². The van der Waals surface area contributed by atoms with Gasteiger partial charge in [0.25, 0.3) is 0 Å². The van der Waals surface area contributed by atoms with Gasteiger partial charge in [-0.25, -0.2) is 0 Å². The summed E-state index contributed by atoms with van der Waals surface area (Å²) in [6, 6.07) is 13.8. The van der Waals surface area contributed by atoms with Gasteiger partial charge in [-0.15, -0.1) is 0 Å². The van der Waals surface area contributed by atoms with Crippen molar-refractivity contribution in [1.29, 1.82) is 0 Å². The van der Waals surface area contributed by atoms with Crippen molar-refractivity contribution >= 4 is 11.9 Å². The first kappa shape index (κ1) is 19.1. The summed E-state index contributed by atoms with van der Waals surface area (Å²) in [6.45, 7) is 3.31. The van der Waals surface area contributed by atoms with Crippen LogP contribution >= 0.6 is 0 Å². The molecule has 1 aromatic heterocycles. The van der Waals surface area contributed by atoms with Gasteiger partial charge < -0.3 is 9.64 Å². The van der Waals surface area contributed by atoms with Crippen LogP contribution in [0.1, 0.15) is 36.8 Å². The molecule has 0 N–H and O–H groups in total. The number of rotatable bonds is 6. The Bertz CT molecular complexity index is 749. The number of likely N-dealkylation sites (tertiary alicyclic amines) is 1. The Morgan fingerprint density at radius 3 is 2.63 bits per heavy atom. The molecular formula is C22H26N2O3. The van der Waals surface area contributed by atoms with E-state index in [0.717, 1.165) is 24.0 Å². The summed E-state index contributed by atoms with van der Waals surface area (Å²) in [5.74, 6) is -0.609. The molecule has 3 rings (SSSR count). The number of amides is 1. The molecule has 5 heteroatoms. The number of esters is 1. The highest BCUT2D eigenvalue weighted by molar-refractivity contribution is 5.85. The summed E-state index contributed by atoms with van der Waals surface area (Å²) in [7, 11) is 0. The van der Waals surface area contributed by atoms with Crippen molar-refractivity contribution in [2.75, 3.05) is 19.7 Å². The highest BCUT2D eigenvalue weighted by Gasteiger charge is 2.33. The van der Waals surface area contributed by atoms with Gasteiger partial charge in [0.1, 0.15) is 0 Å². The molecule has 1 amide bonds. The monoisotopic (exact) mass is 366 g/mol. The summed E-state index contributed by atoms with van der Waals surface area (Å²) < 4.78 is 5.17. The molecule has 2 atom stereocenters. The third kappa shape index (κ3) is 4.94. The number of hydrogen-bond donors (Lipinski definition) is 0. The lowest BCUT2D eigenvalue weighted by Gasteiger charge is -2.34. The molecule has 2 heterocycles. The minimum Gasteiger partial charge on any atom is -0.466 e. The van der Waals surface area contributed by atoms with E-state index in [2.05, 4.69) is 4.98 Å². The molecule has 0 radical (unpaired) electrons. The fourth-order valence-electron chi connectivity index (χ4n) is 3.64. The maximum Gasteiger partial charge on any atom is 0.310 e. The van der Waals surface area contributed by atoms with E-state index in [-0.39, 0.29) is 23.7 Å². The largest absolute Gasteiger partial charge is 0.466 e. The number of piperidine rings is 1. The predicted molar refractivity (Wildman–Crippen MR) is 103 cm³/mol. The van der Waals surface area contributed by atoms with Crippen LogP contribution in [0.15, 0.2) is 54.9 Å². The van der Waals surface area contributed by atoms with Crippen LogP contribution in [-0.4, -0.2) is 41.5 Å². The third-order valence-corrected chi connectivity index (χ3v) is 5.04. The summed E-state index contributed by atoms with van der Waals surface area (Å²) in [6.07, 6.45) is 5.72. The number of benzene rings is 1. The van der Waals surface area contributed by atoms with Gasteiger partial charge in [-0.2, -0.15) is 0 Å². The van der Waals surface area contributed by atoms with Gasteiger partial charge in [0.15, 0.2) is 0 Å². The molecule has 0 bridgehead atoms. The molecule has 0 spiro atoms. The Morgan fingerprint density at radius 2 is 1.93 bits per heavy atom. The molecule has 1 saturated heterocycles. The van der Waals surface area contributed by atoms with Crippen LogP contribution in [0, 0.1) is 5.92 Å². The van der Waals surface area contributed by atoms with E-state index >= 15 is 0 Å². The van der Waals surface area contributed by atoms with E-state index in [1.165, 1.54) is 0 Å². The maximum absolute atomic E-state index is 13.4. The minimum absolute atomic E-state index is 0.0759. The van der Waals surface area contributed by atoms with Crippen LogP contribution in [-0.2, 0) is 20.7 Å². The number of hydrogen-bond acceptors (Lipinski definition) is 4. The molecular weight excluding hydrogens is 340 g/mol. The zero-order valence-corrected chi connectivity index (χ0v) is 15.7. The highest BCUT2D eigenvalue weighted by atomic mass is 16.5. The molecule has 1 aromatic carbocycles. The lowest BCUT2D eigenvalue weighted by Crippen LogP contribution is -2.45. The van der Waals surface area contributed by atoms with E-state index in [1.54, 1.807) is 12.4 Å². The number of pyridine rings is 1. The first-order valence-electron chi connectivity index (χ1n) is 9.58. The lowest BCUT2D eigenvalue weighted by molar-refractivity contribution is -0.151. The number of ether oxygens (including phenoxy) is 1. The quantitative estimate of drug-likeness (QED) is 0.737. The standard InChI is InChI=1S/C22H26N2O3/c1-2-27-22(26)19-9-6-14-24(16-19)21(25)20(18-7-4-3-5-8-18)15-17-10-12-23-13-11-17/h3-5,7-8,10-13,19-20H,2,6,9,14-16H2,1H3. The molecule has 0 saturated carbocycles. The molecule has 27 heavy (non-hydrogen) atoms. The Kier molecular flexibility index (Phi) is 6.58. The molecule has 142 valence electrons. The smallest absolute Gasteiger partial charge is 0.310 e. The molecule has 1 fully saturated rings. The van der Waals surface area contributed by atoms with E-state index < -0.39 is 0 Å². The molecule has 5 nitrogen and oxygen atoms in total. The van der Waals surface area contributed by atoms with Gasteiger partial charge in [-0.05, 0) is 49.4 Å². The second-order valence-corrected chi connectivity index (χ2v) is 6.90. The molecule has 2 aromatic rings. The van der Waals surface area contributed by atoms with Gasteiger partial charge >= 0.3 is 5.97 Å². The highest BCUT2D eigenvalue weighted by Crippen LogP contribution is 2.27. The summed E-state index contributed by atoms with van der Waals surface area (Å²) >= 11 is 0. The van der Waals surface area contributed by atoms with E-state index in [9.17, 15) is 9.59 Å². The Hall–Kier alpha value is -2.69. The summed E-state index contributed by atoms with van der Waals surface area (Å²) in [5, 5.41) is 0. The maximum atomic E-state index is 13.4. The van der Waals surface area contributed by atoms with Crippen LogP contribution in [0.4, 0.5) is 0 Å². The SMILES string of the molecule is CCOC(=O)C1CCCN(C(=O)C(Cc2ccncc2)c2ccccc2)C1. The fourth-order valence-corrected chi connectivity index (χ4v) is 3.64. The van der Waals surface area contributed by atoms with Gasteiger partial charge in [0.05, 0.1) is 18.4 Å². The number of nitrogens with zero attached hydrogens (tertiary/aromatic N) is 2. The molecule has 0 aliphatic carbocycles. The van der Waals surface area contributed by atoms with Crippen molar-refractivity contribution in [1.82, 2.24) is 9.88 Å². The van der Waals surface area contributed by atoms with Crippen molar-refractivity contribution in [3.63, 3.8) is 0 Å². The van der Waals surface area contributed by atoms with E-state index in [4.69, 9.17) is 4.74 Å². The first-order valence-corrected chi connectivity index (χ1v) is 9.58. The van der Waals surface area contributed by atoms with Crippen LogP contribution in [0.5, 0.6) is 0 Å². The average molecular weight is 366 g/mol. The van der Waals surface area contributed by atoms with Gasteiger partial charge in [0.2, 0.25) is 5.91 Å². The van der Waals surface area contributed by atoms with Crippen molar-refractivity contribution in [2.24, 2.45) is 5.92 Å². The van der Waals surface area contributed by atoms with Crippen LogP contribution in [0.25, 0.3) is 0 Å². The molecule has 2 unspecified atom stereocenters.